The molecule has 0 aromatic heterocycles. The highest BCUT2D eigenvalue weighted by atomic mass is 35.9. The lowest BCUT2D eigenvalue weighted by Gasteiger charge is -2.20. The molecular formula is C10H12Cl2F3PSi. The molecule has 17 heavy (non-hydrogen) atoms. The summed E-state index contributed by atoms with van der Waals surface area (Å²) < 4.78 is 38.7. The van der Waals surface area contributed by atoms with E-state index in [-0.39, 0.29) is 5.30 Å². The lowest BCUT2D eigenvalue weighted by atomic mass is 10.2. The van der Waals surface area contributed by atoms with Gasteiger partial charge in [-0.3, -0.25) is 0 Å². The van der Waals surface area contributed by atoms with Crippen LogP contribution in [0.1, 0.15) is 5.56 Å². The van der Waals surface area contributed by atoms with E-state index in [0.717, 1.165) is 5.19 Å². The molecule has 0 aliphatic rings. The van der Waals surface area contributed by atoms with E-state index in [0.29, 0.717) is 0 Å². The largest absolute Gasteiger partial charge is 0.417 e. The topological polar surface area (TPSA) is 0 Å². The number of alkyl halides is 3. The smallest absolute Gasteiger partial charge is 0.166 e. The second kappa shape index (κ2) is 5.08. The van der Waals surface area contributed by atoms with Gasteiger partial charge in [-0.25, -0.2) is 0 Å². The molecule has 0 aliphatic carbocycles. The second-order valence-corrected chi connectivity index (χ2v) is 13.3. The molecule has 0 spiro atoms. The van der Waals surface area contributed by atoms with Gasteiger partial charge in [0.25, 0.3) is 0 Å². The fourth-order valence-electron chi connectivity index (χ4n) is 1.38. The van der Waals surface area contributed by atoms with Crippen LogP contribution in [0.5, 0.6) is 0 Å². The summed E-state index contributed by atoms with van der Waals surface area (Å²) in [7, 11) is -1.78. The van der Waals surface area contributed by atoms with Crippen LogP contribution in [0.4, 0.5) is 13.2 Å². The molecule has 0 N–H and O–H groups in total. The van der Waals surface area contributed by atoms with Gasteiger partial charge in [0.2, 0.25) is 0 Å². The van der Waals surface area contributed by atoms with Gasteiger partial charge < -0.3 is 0 Å². The SMILES string of the molecule is C[Si](C)(C)c1ccc(P(Cl)Cl)c(C(F)(F)F)c1. The Morgan fingerprint density at radius 3 is 2.00 bits per heavy atom. The molecule has 0 saturated heterocycles. The minimum absolute atomic E-state index is 0.0159. The quantitative estimate of drug-likeness (QED) is 0.549. The lowest BCUT2D eigenvalue weighted by molar-refractivity contribution is -0.136. The molecule has 0 atom stereocenters. The highest BCUT2D eigenvalue weighted by molar-refractivity contribution is 8.08. The Morgan fingerprint density at radius 2 is 1.65 bits per heavy atom. The van der Waals surface area contributed by atoms with Crippen LogP contribution in [-0.4, -0.2) is 8.07 Å². The molecule has 0 unspecified atom stereocenters. The lowest BCUT2D eigenvalue weighted by Crippen LogP contribution is -2.39. The summed E-state index contributed by atoms with van der Waals surface area (Å²) in [4.78, 5) is 0. The predicted molar refractivity (Wildman–Crippen MR) is 72.7 cm³/mol. The zero-order chi connectivity index (χ0) is 13.4. The summed E-state index contributed by atoms with van der Waals surface area (Å²) in [6.07, 6.45) is -4.41. The molecule has 0 radical (unpaired) electrons. The molecule has 96 valence electrons. The van der Waals surface area contributed by atoms with Crippen LogP contribution in [-0.2, 0) is 6.18 Å². The van der Waals surface area contributed by atoms with Gasteiger partial charge in [0, 0.05) is 5.30 Å². The normalized spacial score (nSPS) is 13.2. The maximum Gasteiger partial charge on any atom is 0.417 e. The van der Waals surface area contributed by atoms with Crippen molar-refractivity contribution < 1.29 is 13.2 Å². The minimum Gasteiger partial charge on any atom is -0.166 e. The van der Waals surface area contributed by atoms with E-state index in [9.17, 15) is 13.2 Å². The summed E-state index contributed by atoms with van der Waals surface area (Å²) in [5, 5.41) is 0.733. The van der Waals surface area contributed by atoms with E-state index < -0.39 is 26.4 Å². The Balaban J connectivity index is 3.41. The zero-order valence-electron chi connectivity index (χ0n) is 9.57. The van der Waals surface area contributed by atoms with Crippen molar-refractivity contribution in [3.63, 3.8) is 0 Å². The summed E-state index contributed by atoms with van der Waals surface area (Å²) in [6, 6.07) is 4.31. The molecule has 0 saturated carbocycles. The van der Waals surface area contributed by atoms with Crippen LogP contribution in [0.3, 0.4) is 0 Å². The molecular weight excluding hydrogens is 307 g/mol. The van der Waals surface area contributed by atoms with E-state index in [1.54, 1.807) is 6.07 Å². The summed E-state index contributed by atoms with van der Waals surface area (Å²) in [5.74, 6) is 0. The van der Waals surface area contributed by atoms with Crippen molar-refractivity contribution in [3.8, 4) is 0 Å². The van der Waals surface area contributed by atoms with Crippen molar-refractivity contribution in [1.82, 2.24) is 0 Å². The maximum atomic E-state index is 12.9. The predicted octanol–water partition coefficient (Wildman–Crippen LogP) is 4.67. The monoisotopic (exact) mass is 318 g/mol. The number of halogens is 5. The number of rotatable bonds is 2. The average Bonchev–Trinajstić information content (AvgIpc) is 2.14. The third-order valence-electron chi connectivity index (χ3n) is 2.35. The standard InChI is InChI=1S/C10H12Cl2F3PSi/c1-17(2,3)7-4-5-9(16(11)12)8(6-7)10(13,14)15/h4-6H,1-3H3. The van der Waals surface area contributed by atoms with Crippen LogP contribution in [0.15, 0.2) is 18.2 Å². The van der Waals surface area contributed by atoms with Crippen molar-refractivity contribution in [2.45, 2.75) is 25.8 Å². The van der Waals surface area contributed by atoms with Crippen molar-refractivity contribution in [2.24, 2.45) is 0 Å². The van der Waals surface area contributed by atoms with Crippen LogP contribution in [0.2, 0.25) is 19.6 Å². The Labute approximate surface area is 110 Å². The Kier molecular flexibility index (Phi) is 4.57. The number of benzene rings is 1. The fraction of sp³-hybridized carbons (Fsp3) is 0.400. The van der Waals surface area contributed by atoms with Gasteiger partial charge in [0.15, 0.2) is 0 Å². The van der Waals surface area contributed by atoms with Crippen LogP contribution < -0.4 is 10.5 Å². The Morgan fingerprint density at radius 1 is 1.12 bits per heavy atom. The Hall–Kier alpha value is 0.237. The summed E-state index contributed by atoms with van der Waals surface area (Å²) in [6.45, 7) is 4.19. The first-order chi connectivity index (χ1) is 7.53. The molecule has 0 nitrogen and oxygen atoms in total. The summed E-state index contributed by atoms with van der Waals surface area (Å²) in [5.41, 5.74) is -0.700. The molecule has 7 heteroatoms. The summed E-state index contributed by atoms with van der Waals surface area (Å²) >= 11 is 11.2. The molecule has 1 rings (SSSR count). The van der Waals surface area contributed by atoms with Crippen molar-refractivity contribution in [2.75, 3.05) is 0 Å². The first-order valence-corrected chi connectivity index (χ1v) is 11.5. The third kappa shape index (κ3) is 3.85. The minimum atomic E-state index is -4.41. The van der Waals surface area contributed by atoms with Crippen molar-refractivity contribution >= 4 is 47.7 Å². The number of hydrogen-bond donors (Lipinski definition) is 0. The van der Waals surface area contributed by atoms with Gasteiger partial charge in [0.1, 0.15) is 6.63 Å². The molecule has 0 amide bonds. The fourth-order valence-corrected chi connectivity index (χ4v) is 3.98. The highest BCUT2D eigenvalue weighted by Gasteiger charge is 2.36. The van der Waals surface area contributed by atoms with Gasteiger partial charge >= 0.3 is 6.18 Å². The third-order valence-corrected chi connectivity index (χ3v) is 6.24. The van der Waals surface area contributed by atoms with Crippen LogP contribution in [0, 0.1) is 0 Å². The van der Waals surface area contributed by atoms with Crippen LogP contribution in [0.25, 0.3) is 0 Å². The second-order valence-electron chi connectivity index (χ2n) is 4.71. The molecule has 0 fully saturated rings. The van der Waals surface area contributed by atoms with E-state index in [1.165, 1.54) is 12.1 Å². The number of hydrogen-bond acceptors (Lipinski definition) is 0. The van der Waals surface area contributed by atoms with Gasteiger partial charge in [-0.15, -0.1) is 0 Å². The van der Waals surface area contributed by atoms with E-state index in [1.807, 2.05) is 19.6 Å². The Bertz CT molecular complexity index is 413. The van der Waals surface area contributed by atoms with E-state index >= 15 is 0 Å². The molecule has 1 aromatic rings. The first-order valence-electron chi connectivity index (χ1n) is 4.87. The maximum absolute atomic E-state index is 12.9. The molecule has 0 bridgehead atoms. The highest BCUT2D eigenvalue weighted by Crippen LogP contribution is 2.48. The van der Waals surface area contributed by atoms with Gasteiger partial charge in [-0.2, -0.15) is 13.2 Å². The van der Waals surface area contributed by atoms with E-state index in [2.05, 4.69) is 0 Å². The van der Waals surface area contributed by atoms with Crippen molar-refractivity contribution in [1.29, 1.82) is 0 Å². The molecule has 0 heterocycles. The molecule has 0 aliphatic heterocycles. The van der Waals surface area contributed by atoms with Crippen LogP contribution >= 0.6 is 29.1 Å². The van der Waals surface area contributed by atoms with Gasteiger partial charge in [0.05, 0.1) is 13.6 Å². The van der Waals surface area contributed by atoms with Crippen molar-refractivity contribution in [3.05, 3.63) is 23.8 Å². The molecule has 1 aromatic carbocycles. The zero-order valence-corrected chi connectivity index (χ0v) is 13.0. The average molecular weight is 319 g/mol. The van der Waals surface area contributed by atoms with E-state index in [4.69, 9.17) is 22.5 Å². The van der Waals surface area contributed by atoms with Gasteiger partial charge in [-0.1, -0.05) is 65.5 Å². The van der Waals surface area contributed by atoms with Gasteiger partial charge in [-0.05, 0) is 0 Å². The first kappa shape index (κ1) is 15.3.